The molecule has 120 valence electrons. The van der Waals surface area contributed by atoms with Gasteiger partial charge < -0.3 is 10.0 Å². The Morgan fingerprint density at radius 3 is 2.36 bits per heavy atom. The first-order valence-corrected chi connectivity index (χ1v) is 8.86. The molecule has 0 aromatic heterocycles. The Bertz CT molecular complexity index is 675. The molecule has 1 N–H and O–H groups in total. The fourth-order valence-electron chi connectivity index (χ4n) is 2.57. The van der Waals surface area contributed by atoms with Gasteiger partial charge in [-0.25, -0.2) is 8.42 Å². The summed E-state index contributed by atoms with van der Waals surface area (Å²) in [5, 5.41) is 8.98. The molecule has 1 saturated heterocycles. The number of amides is 1. The number of sulfone groups is 1. The topological polar surface area (TPSA) is 91.8 Å². The Balaban J connectivity index is 2.23. The van der Waals surface area contributed by atoms with Crippen LogP contribution in [0.3, 0.4) is 0 Å². The number of hydrogen-bond donors (Lipinski definition) is 1. The van der Waals surface area contributed by atoms with Crippen molar-refractivity contribution in [2.75, 3.05) is 18.8 Å². The summed E-state index contributed by atoms with van der Waals surface area (Å²) >= 11 is 0. The van der Waals surface area contributed by atoms with Gasteiger partial charge in [0.15, 0.2) is 9.84 Å². The fraction of sp³-hybridized carbons (Fsp3) is 0.467. The highest BCUT2D eigenvalue weighted by atomic mass is 32.2. The first-order chi connectivity index (χ1) is 10.4. The van der Waals surface area contributed by atoms with E-state index < -0.39 is 21.7 Å². The average Bonchev–Trinajstić information content (AvgIpc) is 2.54. The van der Waals surface area contributed by atoms with E-state index in [-0.39, 0.29) is 22.1 Å². The average molecular weight is 325 g/mol. The van der Waals surface area contributed by atoms with E-state index in [9.17, 15) is 18.0 Å². The highest BCUT2D eigenvalue weighted by molar-refractivity contribution is 7.91. The normalized spacial score (nSPS) is 16.5. The minimum absolute atomic E-state index is 0.0443. The van der Waals surface area contributed by atoms with E-state index in [1.807, 2.05) is 0 Å². The van der Waals surface area contributed by atoms with E-state index in [0.29, 0.717) is 25.9 Å². The number of nitrogens with zero attached hydrogens (tertiary/aromatic N) is 1. The Morgan fingerprint density at radius 2 is 1.82 bits per heavy atom. The smallest absolute Gasteiger partial charge is 0.306 e. The van der Waals surface area contributed by atoms with Crippen LogP contribution in [0.15, 0.2) is 29.2 Å². The van der Waals surface area contributed by atoms with Crippen LogP contribution < -0.4 is 0 Å². The minimum Gasteiger partial charge on any atom is -0.481 e. The van der Waals surface area contributed by atoms with E-state index in [1.165, 1.54) is 24.0 Å². The molecule has 0 unspecified atom stereocenters. The van der Waals surface area contributed by atoms with Crippen molar-refractivity contribution in [3.05, 3.63) is 29.8 Å². The van der Waals surface area contributed by atoms with Gasteiger partial charge in [0.05, 0.1) is 22.1 Å². The van der Waals surface area contributed by atoms with Gasteiger partial charge in [-0.1, -0.05) is 19.1 Å². The number of carbonyl (C=O) groups is 2. The van der Waals surface area contributed by atoms with Crippen LogP contribution in [0, 0.1) is 5.92 Å². The summed E-state index contributed by atoms with van der Waals surface area (Å²) in [6.07, 6.45) is 0.785. The monoisotopic (exact) mass is 325 g/mol. The Kier molecular flexibility index (Phi) is 4.85. The molecule has 22 heavy (non-hydrogen) atoms. The largest absolute Gasteiger partial charge is 0.481 e. The third-order valence-electron chi connectivity index (χ3n) is 3.96. The molecule has 0 atom stereocenters. The molecule has 1 aromatic carbocycles. The predicted molar refractivity (Wildman–Crippen MR) is 80.4 cm³/mol. The van der Waals surface area contributed by atoms with Gasteiger partial charge in [-0.3, -0.25) is 9.59 Å². The van der Waals surface area contributed by atoms with Crippen molar-refractivity contribution < 1.29 is 23.1 Å². The van der Waals surface area contributed by atoms with Crippen molar-refractivity contribution in [1.29, 1.82) is 0 Å². The molecule has 0 radical (unpaired) electrons. The van der Waals surface area contributed by atoms with Crippen LogP contribution in [0.4, 0.5) is 0 Å². The van der Waals surface area contributed by atoms with Crippen molar-refractivity contribution in [2.45, 2.75) is 24.7 Å². The third-order valence-corrected chi connectivity index (χ3v) is 5.75. The zero-order chi connectivity index (χ0) is 16.3. The number of piperidine rings is 1. The van der Waals surface area contributed by atoms with Gasteiger partial charge in [-0.2, -0.15) is 0 Å². The predicted octanol–water partition coefficient (Wildman–Crippen LogP) is 1.42. The first kappa shape index (κ1) is 16.5. The molecule has 0 saturated carbocycles. The molecule has 7 heteroatoms. The van der Waals surface area contributed by atoms with Crippen LogP contribution >= 0.6 is 0 Å². The lowest BCUT2D eigenvalue weighted by Gasteiger charge is -2.30. The summed E-state index contributed by atoms with van der Waals surface area (Å²) in [4.78, 5) is 25.1. The maximum Gasteiger partial charge on any atom is 0.306 e. The SMILES string of the molecule is CCS(=O)(=O)c1ccccc1C(=O)N1CCC(C(=O)O)CC1. The zero-order valence-corrected chi connectivity index (χ0v) is 13.2. The van der Waals surface area contributed by atoms with E-state index >= 15 is 0 Å². The van der Waals surface area contributed by atoms with Crippen molar-refractivity contribution in [1.82, 2.24) is 4.90 Å². The molecular weight excluding hydrogens is 306 g/mol. The standard InChI is InChI=1S/C15H19NO5S/c1-2-22(20,21)13-6-4-3-5-12(13)14(17)16-9-7-11(8-10-16)15(18)19/h3-6,11H,2,7-10H2,1H3,(H,18,19). The summed E-state index contributed by atoms with van der Waals surface area (Å²) in [5.74, 6) is -1.70. The summed E-state index contributed by atoms with van der Waals surface area (Å²) in [6.45, 7) is 2.20. The summed E-state index contributed by atoms with van der Waals surface area (Å²) < 4.78 is 24.2. The third kappa shape index (κ3) is 3.30. The molecule has 1 fully saturated rings. The molecule has 1 aliphatic heterocycles. The number of hydrogen-bond acceptors (Lipinski definition) is 4. The summed E-state index contributed by atoms with van der Waals surface area (Å²) in [7, 11) is -3.48. The highest BCUT2D eigenvalue weighted by Crippen LogP contribution is 2.23. The van der Waals surface area contributed by atoms with Gasteiger partial charge in [0, 0.05) is 13.1 Å². The van der Waals surface area contributed by atoms with Crippen LogP contribution in [0.25, 0.3) is 0 Å². The Labute approximate surface area is 129 Å². The van der Waals surface area contributed by atoms with Crippen LogP contribution in [-0.2, 0) is 14.6 Å². The van der Waals surface area contributed by atoms with Crippen LogP contribution in [-0.4, -0.2) is 49.1 Å². The van der Waals surface area contributed by atoms with Gasteiger partial charge >= 0.3 is 5.97 Å². The van der Waals surface area contributed by atoms with Gasteiger partial charge in [0.2, 0.25) is 0 Å². The van der Waals surface area contributed by atoms with Crippen molar-refractivity contribution in [3.8, 4) is 0 Å². The molecule has 0 spiro atoms. The molecule has 0 bridgehead atoms. The molecule has 1 aliphatic rings. The van der Waals surface area contributed by atoms with E-state index in [4.69, 9.17) is 5.11 Å². The number of carboxylic acid groups (broad SMARTS) is 1. The van der Waals surface area contributed by atoms with E-state index in [2.05, 4.69) is 0 Å². The number of rotatable bonds is 4. The second kappa shape index (κ2) is 6.48. The molecule has 6 nitrogen and oxygen atoms in total. The second-order valence-corrected chi connectivity index (χ2v) is 7.55. The van der Waals surface area contributed by atoms with Crippen LogP contribution in [0.5, 0.6) is 0 Å². The lowest BCUT2D eigenvalue weighted by molar-refractivity contribution is -0.143. The van der Waals surface area contributed by atoms with Gasteiger partial charge in [-0.05, 0) is 25.0 Å². The summed E-state index contributed by atoms with van der Waals surface area (Å²) in [5.41, 5.74) is 0.165. The summed E-state index contributed by atoms with van der Waals surface area (Å²) in [6, 6.07) is 6.17. The fourth-order valence-corrected chi connectivity index (χ4v) is 3.66. The number of carboxylic acids is 1. The number of benzene rings is 1. The van der Waals surface area contributed by atoms with Crippen LogP contribution in [0.2, 0.25) is 0 Å². The van der Waals surface area contributed by atoms with Gasteiger partial charge in [0.1, 0.15) is 0 Å². The van der Waals surface area contributed by atoms with E-state index in [1.54, 1.807) is 12.1 Å². The molecule has 0 aliphatic carbocycles. The Morgan fingerprint density at radius 1 is 1.23 bits per heavy atom. The number of likely N-dealkylation sites (tertiary alicyclic amines) is 1. The van der Waals surface area contributed by atoms with Crippen molar-refractivity contribution in [3.63, 3.8) is 0 Å². The Hall–Kier alpha value is -1.89. The number of carbonyl (C=O) groups excluding carboxylic acids is 1. The minimum atomic E-state index is -3.48. The molecule has 1 aromatic rings. The lowest BCUT2D eigenvalue weighted by Crippen LogP contribution is -2.40. The zero-order valence-electron chi connectivity index (χ0n) is 12.4. The molecule has 1 heterocycles. The molecular formula is C15H19NO5S. The maximum atomic E-state index is 12.6. The lowest BCUT2D eigenvalue weighted by atomic mass is 9.96. The van der Waals surface area contributed by atoms with Crippen molar-refractivity contribution >= 4 is 21.7 Å². The maximum absolute atomic E-state index is 12.6. The first-order valence-electron chi connectivity index (χ1n) is 7.20. The van der Waals surface area contributed by atoms with Crippen LogP contribution in [0.1, 0.15) is 30.1 Å². The number of aliphatic carboxylic acids is 1. The van der Waals surface area contributed by atoms with Crippen molar-refractivity contribution in [2.24, 2.45) is 5.92 Å². The molecule has 1 amide bonds. The van der Waals surface area contributed by atoms with Gasteiger partial charge in [-0.15, -0.1) is 0 Å². The van der Waals surface area contributed by atoms with Gasteiger partial charge in [0.25, 0.3) is 5.91 Å². The highest BCUT2D eigenvalue weighted by Gasteiger charge is 2.29. The van der Waals surface area contributed by atoms with E-state index in [0.717, 1.165) is 0 Å². The quantitative estimate of drug-likeness (QED) is 0.904. The molecule has 2 rings (SSSR count). The second-order valence-electron chi connectivity index (χ2n) is 5.30.